The van der Waals surface area contributed by atoms with E-state index in [4.69, 9.17) is 5.11 Å². The largest absolute Gasteiger partial charge is 0.478 e. The number of carbonyl (C=O) groups is 1. The van der Waals surface area contributed by atoms with Crippen LogP contribution < -0.4 is 0 Å². The molecule has 0 spiro atoms. The molecular weight excluding hydrogens is 314 g/mol. The fourth-order valence-electron chi connectivity index (χ4n) is 3.45. The van der Waals surface area contributed by atoms with E-state index in [-0.39, 0.29) is 5.56 Å². The van der Waals surface area contributed by atoms with Crippen LogP contribution in [0.25, 0.3) is 11.3 Å². The Morgan fingerprint density at radius 2 is 2.16 bits per heavy atom. The number of carboxylic acids is 1. The van der Waals surface area contributed by atoms with Crippen molar-refractivity contribution in [1.29, 1.82) is 0 Å². The molecule has 5 heteroatoms. The van der Waals surface area contributed by atoms with Gasteiger partial charge in [0, 0.05) is 24.3 Å². The molecule has 1 aromatic heterocycles. The summed E-state index contributed by atoms with van der Waals surface area (Å²) >= 11 is 0. The Kier molecular flexibility index (Phi) is 5.43. The number of hydrogen-bond donors (Lipinski definition) is 1. The highest BCUT2D eigenvalue weighted by molar-refractivity contribution is 5.89. The van der Waals surface area contributed by atoms with Gasteiger partial charge in [-0.15, -0.1) is 0 Å². The van der Waals surface area contributed by atoms with E-state index < -0.39 is 5.97 Å². The SMILES string of the molecule is CC(C)N1CCCC(Cc2cnc(-c3cccc(C(=O)O)c3)cn2)C1. The van der Waals surface area contributed by atoms with Crippen LogP contribution in [0.15, 0.2) is 36.7 Å². The predicted molar refractivity (Wildman–Crippen MR) is 97.6 cm³/mol. The molecule has 1 atom stereocenters. The number of aromatic nitrogens is 2. The fourth-order valence-corrected chi connectivity index (χ4v) is 3.45. The number of aromatic carboxylic acids is 1. The van der Waals surface area contributed by atoms with Crippen LogP contribution in [0.5, 0.6) is 0 Å². The maximum absolute atomic E-state index is 11.1. The first-order valence-corrected chi connectivity index (χ1v) is 8.91. The number of hydrogen-bond acceptors (Lipinski definition) is 4. The van der Waals surface area contributed by atoms with E-state index >= 15 is 0 Å². The van der Waals surface area contributed by atoms with E-state index in [0.29, 0.717) is 17.7 Å². The number of likely N-dealkylation sites (tertiary alicyclic amines) is 1. The second-order valence-corrected chi connectivity index (χ2v) is 7.08. The molecule has 1 aliphatic heterocycles. The molecule has 0 radical (unpaired) electrons. The zero-order valence-electron chi connectivity index (χ0n) is 14.9. The van der Waals surface area contributed by atoms with E-state index in [1.807, 2.05) is 12.3 Å². The first kappa shape index (κ1) is 17.5. The molecule has 2 heterocycles. The Morgan fingerprint density at radius 1 is 1.32 bits per heavy atom. The van der Waals surface area contributed by atoms with Gasteiger partial charge in [-0.3, -0.25) is 9.97 Å². The van der Waals surface area contributed by atoms with Crippen LogP contribution in [0.1, 0.15) is 42.7 Å². The molecule has 132 valence electrons. The molecule has 3 rings (SSSR count). The van der Waals surface area contributed by atoms with Gasteiger partial charge in [-0.2, -0.15) is 0 Å². The first-order chi connectivity index (χ1) is 12.0. The zero-order valence-corrected chi connectivity index (χ0v) is 14.9. The molecule has 0 bridgehead atoms. The van der Waals surface area contributed by atoms with Crippen molar-refractivity contribution >= 4 is 5.97 Å². The van der Waals surface area contributed by atoms with Crippen LogP contribution >= 0.6 is 0 Å². The van der Waals surface area contributed by atoms with Gasteiger partial charge in [0.25, 0.3) is 0 Å². The highest BCUT2D eigenvalue weighted by Crippen LogP contribution is 2.22. The lowest BCUT2D eigenvalue weighted by Gasteiger charge is -2.35. The number of rotatable bonds is 5. The summed E-state index contributed by atoms with van der Waals surface area (Å²) in [5.41, 5.74) is 2.76. The van der Waals surface area contributed by atoms with Crippen molar-refractivity contribution in [2.75, 3.05) is 13.1 Å². The molecule has 5 nitrogen and oxygen atoms in total. The summed E-state index contributed by atoms with van der Waals surface area (Å²) in [6.07, 6.45) is 7.02. The Balaban J connectivity index is 1.68. The fraction of sp³-hybridized carbons (Fsp3) is 0.450. The average Bonchev–Trinajstić information content (AvgIpc) is 2.62. The highest BCUT2D eigenvalue weighted by Gasteiger charge is 2.22. The van der Waals surface area contributed by atoms with Crippen molar-refractivity contribution in [3.8, 4) is 11.3 Å². The van der Waals surface area contributed by atoms with Crippen LogP contribution in [0.4, 0.5) is 0 Å². The molecular formula is C20H25N3O2. The minimum Gasteiger partial charge on any atom is -0.478 e. The normalized spacial score (nSPS) is 18.4. The minimum atomic E-state index is -0.932. The van der Waals surface area contributed by atoms with Crippen molar-refractivity contribution in [3.63, 3.8) is 0 Å². The third-order valence-corrected chi connectivity index (χ3v) is 4.89. The maximum Gasteiger partial charge on any atom is 0.335 e. The van der Waals surface area contributed by atoms with E-state index in [9.17, 15) is 4.79 Å². The molecule has 1 aliphatic rings. The predicted octanol–water partition coefficient (Wildman–Crippen LogP) is 3.50. The monoisotopic (exact) mass is 339 g/mol. The minimum absolute atomic E-state index is 0.263. The van der Waals surface area contributed by atoms with E-state index in [2.05, 4.69) is 28.7 Å². The van der Waals surface area contributed by atoms with E-state index in [1.165, 1.54) is 19.4 Å². The smallest absolute Gasteiger partial charge is 0.335 e. The molecule has 1 N–H and O–H groups in total. The Labute approximate surface area is 148 Å². The quantitative estimate of drug-likeness (QED) is 0.903. The molecule has 0 aliphatic carbocycles. The van der Waals surface area contributed by atoms with Crippen LogP contribution in [-0.4, -0.2) is 45.1 Å². The molecule has 1 saturated heterocycles. The molecule has 0 saturated carbocycles. The van der Waals surface area contributed by atoms with Crippen LogP contribution in [0.2, 0.25) is 0 Å². The first-order valence-electron chi connectivity index (χ1n) is 8.91. The number of benzene rings is 1. The highest BCUT2D eigenvalue weighted by atomic mass is 16.4. The zero-order chi connectivity index (χ0) is 17.8. The molecule has 1 unspecified atom stereocenters. The molecule has 1 aromatic carbocycles. The molecule has 2 aromatic rings. The lowest BCUT2D eigenvalue weighted by molar-refractivity contribution is 0.0697. The lowest BCUT2D eigenvalue weighted by atomic mass is 9.93. The van der Waals surface area contributed by atoms with Crippen molar-refractivity contribution in [1.82, 2.24) is 14.9 Å². The standard InChI is InChI=1S/C20H25N3O2/c1-14(2)23-8-4-5-15(13-23)9-18-11-22-19(12-21-18)16-6-3-7-17(10-16)20(24)25/h3,6-7,10-12,14-15H,4-5,8-9,13H2,1-2H3,(H,24,25). The second kappa shape index (κ2) is 7.74. The summed E-state index contributed by atoms with van der Waals surface area (Å²) in [5.74, 6) is -0.301. The van der Waals surface area contributed by atoms with Crippen LogP contribution in [0, 0.1) is 5.92 Å². The Bertz CT molecular complexity index is 728. The summed E-state index contributed by atoms with van der Waals surface area (Å²) in [6.45, 7) is 6.82. The second-order valence-electron chi connectivity index (χ2n) is 7.08. The molecule has 1 fully saturated rings. The van der Waals surface area contributed by atoms with Gasteiger partial charge in [0.2, 0.25) is 0 Å². The lowest BCUT2D eigenvalue weighted by Crippen LogP contribution is -2.40. The Morgan fingerprint density at radius 3 is 2.84 bits per heavy atom. The summed E-state index contributed by atoms with van der Waals surface area (Å²) in [6, 6.07) is 7.40. The average molecular weight is 339 g/mol. The molecule has 25 heavy (non-hydrogen) atoms. The van der Waals surface area contributed by atoms with E-state index in [1.54, 1.807) is 24.4 Å². The van der Waals surface area contributed by atoms with Crippen LogP contribution in [0.3, 0.4) is 0 Å². The van der Waals surface area contributed by atoms with Gasteiger partial charge < -0.3 is 10.0 Å². The van der Waals surface area contributed by atoms with Gasteiger partial charge in [-0.05, 0) is 57.7 Å². The number of carboxylic acid groups (broad SMARTS) is 1. The summed E-state index contributed by atoms with van der Waals surface area (Å²) in [7, 11) is 0. The summed E-state index contributed by atoms with van der Waals surface area (Å²) < 4.78 is 0. The number of piperidine rings is 1. The van der Waals surface area contributed by atoms with Gasteiger partial charge in [-0.25, -0.2) is 4.79 Å². The third kappa shape index (κ3) is 4.42. The maximum atomic E-state index is 11.1. The van der Waals surface area contributed by atoms with Gasteiger partial charge in [0.1, 0.15) is 0 Å². The number of nitrogens with zero attached hydrogens (tertiary/aromatic N) is 3. The van der Waals surface area contributed by atoms with Gasteiger partial charge in [0.15, 0.2) is 0 Å². The van der Waals surface area contributed by atoms with Crippen molar-refractivity contribution in [3.05, 3.63) is 47.9 Å². The van der Waals surface area contributed by atoms with Crippen molar-refractivity contribution < 1.29 is 9.90 Å². The van der Waals surface area contributed by atoms with Gasteiger partial charge in [-0.1, -0.05) is 12.1 Å². The van der Waals surface area contributed by atoms with E-state index in [0.717, 1.165) is 24.2 Å². The summed E-state index contributed by atoms with van der Waals surface area (Å²) in [4.78, 5) is 22.7. The Hall–Kier alpha value is -2.27. The topological polar surface area (TPSA) is 66.3 Å². The molecule has 0 amide bonds. The van der Waals surface area contributed by atoms with Crippen molar-refractivity contribution in [2.24, 2.45) is 5.92 Å². The third-order valence-electron chi connectivity index (χ3n) is 4.89. The van der Waals surface area contributed by atoms with Gasteiger partial charge >= 0.3 is 5.97 Å². The van der Waals surface area contributed by atoms with Crippen molar-refractivity contribution in [2.45, 2.75) is 39.2 Å². The van der Waals surface area contributed by atoms with Crippen LogP contribution in [-0.2, 0) is 6.42 Å². The van der Waals surface area contributed by atoms with Gasteiger partial charge in [0.05, 0.1) is 23.1 Å². The summed E-state index contributed by atoms with van der Waals surface area (Å²) in [5, 5.41) is 9.10.